The summed E-state index contributed by atoms with van der Waals surface area (Å²) < 4.78 is 0. The molecule has 24 heavy (non-hydrogen) atoms. The van der Waals surface area contributed by atoms with E-state index in [-0.39, 0.29) is 36.5 Å². The van der Waals surface area contributed by atoms with Crippen LogP contribution in [0, 0.1) is 5.92 Å². The monoisotopic (exact) mass is 333 g/mol. The number of rotatable bonds is 4. The number of likely N-dealkylation sites (tertiary alicyclic amines) is 1. The second-order valence-electron chi connectivity index (χ2n) is 6.29. The van der Waals surface area contributed by atoms with Crippen molar-refractivity contribution in [1.82, 2.24) is 15.1 Å². The number of aliphatic hydroxyl groups excluding tert-OH is 1. The Hall–Kier alpha value is -2.08. The van der Waals surface area contributed by atoms with Crippen LogP contribution in [-0.2, 0) is 4.79 Å². The number of carbonyl (C=O) groups excluding carboxylic acids is 2. The highest BCUT2D eigenvalue weighted by Crippen LogP contribution is 2.35. The van der Waals surface area contributed by atoms with Gasteiger partial charge in [-0.1, -0.05) is 30.3 Å². The van der Waals surface area contributed by atoms with Crippen molar-refractivity contribution in [3.63, 3.8) is 0 Å². The van der Waals surface area contributed by atoms with Crippen LogP contribution in [0.5, 0.6) is 0 Å². The minimum Gasteiger partial charge on any atom is -0.396 e. The first-order valence-corrected chi connectivity index (χ1v) is 8.43. The van der Waals surface area contributed by atoms with E-state index in [9.17, 15) is 14.7 Å². The van der Waals surface area contributed by atoms with E-state index in [0.717, 1.165) is 5.56 Å². The number of nitrogens with one attached hydrogen (secondary N) is 1. The van der Waals surface area contributed by atoms with Gasteiger partial charge in [0.25, 0.3) is 0 Å². The molecule has 2 N–H and O–H groups in total. The molecular weight excluding hydrogens is 306 g/mol. The molecule has 1 aliphatic heterocycles. The molecule has 0 aliphatic carbocycles. The molecule has 3 amide bonds. The molecule has 1 aliphatic rings. The predicted octanol–water partition coefficient (Wildman–Crippen LogP) is 1.62. The van der Waals surface area contributed by atoms with Gasteiger partial charge in [0.1, 0.15) is 0 Å². The molecule has 6 nitrogen and oxygen atoms in total. The maximum atomic E-state index is 12.2. The van der Waals surface area contributed by atoms with Gasteiger partial charge in [-0.25, -0.2) is 4.79 Å². The molecule has 0 radical (unpaired) electrons. The van der Waals surface area contributed by atoms with Gasteiger partial charge in [0.15, 0.2) is 0 Å². The number of urea groups is 1. The Bertz CT molecular complexity index is 564. The van der Waals surface area contributed by atoms with Gasteiger partial charge in [-0.05, 0) is 18.9 Å². The fourth-order valence-corrected chi connectivity index (χ4v) is 3.47. The van der Waals surface area contributed by atoms with Gasteiger partial charge in [-0.2, -0.15) is 0 Å². The van der Waals surface area contributed by atoms with E-state index in [4.69, 9.17) is 0 Å². The van der Waals surface area contributed by atoms with Crippen LogP contribution in [0.3, 0.4) is 0 Å². The molecule has 6 heteroatoms. The first-order chi connectivity index (χ1) is 11.5. The minimum atomic E-state index is -0.151. The molecule has 0 spiro atoms. The average Bonchev–Trinajstić information content (AvgIpc) is 2.60. The van der Waals surface area contributed by atoms with Gasteiger partial charge >= 0.3 is 6.03 Å². The summed E-state index contributed by atoms with van der Waals surface area (Å²) in [6.07, 6.45) is 0.614. The molecule has 1 saturated heterocycles. The van der Waals surface area contributed by atoms with E-state index >= 15 is 0 Å². The smallest absolute Gasteiger partial charge is 0.317 e. The quantitative estimate of drug-likeness (QED) is 0.879. The lowest BCUT2D eigenvalue weighted by Crippen LogP contribution is -2.56. The Morgan fingerprint density at radius 2 is 2.00 bits per heavy atom. The molecule has 132 valence electrons. The molecule has 3 atom stereocenters. The van der Waals surface area contributed by atoms with Crippen molar-refractivity contribution in [2.24, 2.45) is 5.92 Å². The number of piperidine rings is 1. The van der Waals surface area contributed by atoms with E-state index in [2.05, 4.69) is 5.32 Å². The van der Waals surface area contributed by atoms with Crippen LogP contribution in [0.15, 0.2) is 30.3 Å². The lowest BCUT2D eigenvalue weighted by Gasteiger charge is -2.46. The van der Waals surface area contributed by atoms with E-state index in [1.54, 1.807) is 23.8 Å². The van der Waals surface area contributed by atoms with Gasteiger partial charge in [0.2, 0.25) is 5.91 Å². The molecule has 1 aromatic carbocycles. The highest BCUT2D eigenvalue weighted by molar-refractivity contribution is 5.75. The van der Waals surface area contributed by atoms with E-state index in [1.165, 1.54) is 0 Å². The van der Waals surface area contributed by atoms with E-state index in [1.807, 2.05) is 37.3 Å². The zero-order valence-electron chi connectivity index (χ0n) is 14.6. The molecule has 1 fully saturated rings. The van der Waals surface area contributed by atoms with Gasteiger partial charge < -0.3 is 20.2 Å². The second kappa shape index (κ2) is 8.15. The third-order valence-corrected chi connectivity index (χ3v) is 4.79. The average molecular weight is 333 g/mol. The SMILES string of the molecule is CCNC(=O)N(C)[C@H]1C[C@@H](c2ccccc2)N(C(C)=O)C[C@H]1CO. The van der Waals surface area contributed by atoms with Crippen LogP contribution >= 0.6 is 0 Å². The van der Waals surface area contributed by atoms with Crippen molar-refractivity contribution < 1.29 is 14.7 Å². The zero-order valence-corrected chi connectivity index (χ0v) is 14.6. The Morgan fingerprint density at radius 1 is 1.33 bits per heavy atom. The third kappa shape index (κ3) is 3.87. The summed E-state index contributed by atoms with van der Waals surface area (Å²) in [5.74, 6) is -0.164. The normalized spacial score (nSPS) is 23.7. The first kappa shape index (κ1) is 18.3. The largest absolute Gasteiger partial charge is 0.396 e. The van der Waals surface area contributed by atoms with Gasteiger partial charge in [0.05, 0.1) is 6.04 Å². The lowest BCUT2D eigenvalue weighted by atomic mass is 9.84. The topological polar surface area (TPSA) is 72.9 Å². The third-order valence-electron chi connectivity index (χ3n) is 4.79. The number of nitrogens with zero attached hydrogens (tertiary/aromatic N) is 2. The van der Waals surface area contributed by atoms with E-state index < -0.39 is 0 Å². The van der Waals surface area contributed by atoms with Crippen molar-refractivity contribution in [1.29, 1.82) is 0 Å². The maximum absolute atomic E-state index is 12.2. The Labute approximate surface area is 143 Å². The first-order valence-electron chi connectivity index (χ1n) is 8.43. The number of amides is 3. The Morgan fingerprint density at radius 3 is 2.54 bits per heavy atom. The number of benzene rings is 1. The molecule has 0 unspecified atom stereocenters. The summed E-state index contributed by atoms with van der Waals surface area (Å²) in [6.45, 7) is 4.37. The fraction of sp³-hybridized carbons (Fsp3) is 0.556. The summed E-state index contributed by atoms with van der Waals surface area (Å²) in [5, 5.41) is 12.6. The van der Waals surface area contributed by atoms with Crippen LogP contribution in [-0.4, -0.2) is 59.6 Å². The number of aliphatic hydroxyl groups is 1. The number of hydrogen-bond acceptors (Lipinski definition) is 3. The summed E-state index contributed by atoms with van der Waals surface area (Å²) in [5.41, 5.74) is 1.05. The molecule has 0 saturated carbocycles. The summed E-state index contributed by atoms with van der Waals surface area (Å²) in [6, 6.07) is 9.49. The molecule has 2 rings (SSSR count). The summed E-state index contributed by atoms with van der Waals surface area (Å²) in [4.78, 5) is 27.8. The summed E-state index contributed by atoms with van der Waals surface area (Å²) in [7, 11) is 1.75. The number of carbonyl (C=O) groups is 2. The van der Waals surface area contributed by atoms with Gasteiger partial charge in [-0.3, -0.25) is 4.79 Å². The summed E-state index contributed by atoms with van der Waals surface area (Å²) >= 11 is 0. The van der Waals surface area contributed by atoms with Crippen LogP contribution in [0.25, 0.3) is 0 Å². The van der Waals surface area contributed by atoms with Crippen LogP contribution in [0.4, 0.5) is 4.79 Å². The maximum Gasteiger partial charge on any atom is 0.317 e. The van der Waals surface area contributed by atoms with Crippen molar-refractivity contribution >= 4 is 11.9 Å². The second-order valence-corrected chi connectivity index (χ2v) is 6.29. The van der Waals surface area contributed by atoms with Gasteiger partial charge in [0, 0.05) is 45.6 Å². The fourth-order valence-electron chi connectivity index (χ4n) is 3.47. The van der Waals surface area contributed by atoms with Crippen LogP contribution in [0.1, 0.15) is 31.9 Å². The molecule has 1 aromatic rings. The number of hydrogen-bond donors (Lipinski definition) is 2. The van der Waals surface area contributed by atoms with Crippen molar-refractivity contribution in [2.75, 3.05) is 26.7 Å². The molecular formula is C18H27N3O3. The van der Waals surface area contributed by atoms with Crippen LogP contribution in [0.2, 0.25) is 0 Å². The van der Waals surface area contributed by atoms with Crippen molar-refractivity contribution in [2.45, 2.75) is 32.4 Å². The Balaban J connectivity index is 2.29. The standard InChI is InChI=1S/C18H27N3O3/c1-4-19-18(24)20(3)16-10-17(14-8-6-5-7-9-14)21(13(2)23)11-15(16)12-22/h5-9,15-17,22H,4,10-12H2,1-3H3,(H,19,24)/t15-,16-,17-/m0/s1. The van der Waals surface area contributed by atoms with Gasteiger partial charge in [-0.15, -0.1) is 0 Å². The van der Waals surface area contributed by atoms with Crippen molar-refractivity contribution in [3.05, 3.63) is 35.9 Å². The highest BCUT2D eigenvalue weighted by atomic mass is 16.3. The van der Waals surface area contributed by atoms with Crippen LogP contribution < -0.4 is 5.32 Å². The zero-order chi connectivity index (χ0) is 17.7. The minimum absolute atomic E-state index is 0.0126. The van der Waals surface area contributed by atoms with Crippen molar-refractivity contribution in [3.8, 4) is 0 Å². The lowest BCUT2D eigenvalue weighted by molar-refractivity contribution is -0.135. The molecule has 0 aromatic heterocycles. The highest BCUT2D eigenvalue weighted by Gasteiger charge is 2.40. The molecule has 0 bridgehead atoms. The Kier molecular flexibility index (Phi) is 6.20. The van der Waals surface area contributed by atoms with E-state index in [0.29, 0.717) is 19.5 Å². The predicted molar refractivity (Wildman–Crippen MR) is 92.4 cm³/mol. The molecule has 1 heterocycles.